The van der Waals surface area contributed by atoms with E-state index in [4.69, 9.17) is 18.9 Å². The number of sulfone groups is 1. The third-order valence-electron chi connectivity index (χ3n) is 6.45. The summed E-state index contributed by atoms with van der Waals surface area (Å²) >= 11 is 0. The predicted molar refractivity (Wildman–Crippen MR) is 168 cm³/mol. The lowest BCUT2D eigenvalue weighted by molar-refractivity contribution is -0.290. The van der Waals surface area contributed by atoms with Crippen LogP contribution in [-0.4, -0.2) is 87.5 Å². The highest BCUT2D eigenvalue weighted by Crippen LogP contribution is 2.30. The molecule has 1 aromatic carbocycles. The molecule has 0 bridgehead atoms. The Kier molecular flexibility index (Phi) is 12.9. The molecular weight excluding hydrogens is 609 g/mol. The average molecular weight is 658 g/mol. The van der Waals surface area contributed by atoms with Crippen LogP contribution in [0, 0.1) is 5.82 Å². The van der Waals surface area contributed by atoms with E-state index in [0.29, 0.717) is 6.04 Å². The standard InChI is InChI=1S/C31H48FNO9SSi/c1-30(2,3)42-27(34)21-25-20-24(40-31(4,5)41-25)14-16-33(28(35)22-10-12-23(32)13-11-22)26(15-18-43(6,37)38)29(36)39-17-19-44(7,8)9/h10-14,16,24-26H,15,17-21H2,1-9H3/b16-14+/t24-,25-,26?/m1/s1. The van der Waals surface area contributed by atoms with Crippen molar-refractivity contribution in [1.29, 1.82) is 0 Å². The molecule has 0 saturated carbocycles. The van der Waals surface area contributed by atoms with E-state index in [1.165, 1.54) is 18.3 Å². The van der Waals surface area contributed by atoms with Gasteiger partial charge in [-0.3, -0.25) is 9.59 Å². The Morgan fingerprint density at radius 1 is 1.14 bits per heavy atom. The fourth-order valence-corrected chi connectivity index (χ4v) is 5.82. The predicted octanol–water partition coefficient (Wildman–Crippen LogP) is 5.11. The van der Waals surface area contributed by atoms with E-state index in [9.17, 15) is 27.2 Å². The normalized spacial score (nSPS) is 19.8. The molecule has 2 rings (SSSR count). The van der Waals surface area contributed by atoms with Crippen molar-refractivity contribution in [3.8, 4) is 0 Å². The summed E-state index contributed by atoms with van der Waals surface area (Å²) < 4.78 is 60.9. The number of hydrogen-bond donors (Lipinski definition) is 0. The van der Waals surface area contributed by atoms with Crippen LogP contribution < -0.4 is 0 Å². The van der Waals surface area contributed by atoms with Gasteiger partial charge in [0.25, 0.3) is 5.91 Å². The van der Waals surface area contributed by atoms with Crippen molar-refractivity contribution in [3.63, 3.8) is 0 Å². The number of esters is 2. The Balaban J connectivity index is 2.43. The number of amides is 1. The maximum atomic E-state index is 13.8. The Hall–Kier alpha value is -2.61. The number of benzene rings is 1. The van der Waals surface area contributed by atoms with Crippen LogP contribution in [0.15, 0.2) is 36.5 Å². The highest BCUT2D eigenvalue weighted by Gasteiger charge is 2.37. The van der Waals surface area contributed by atoms with E-state index in [0.717, 1.165) is 23.3 Å². The van der Waals surface area contributed by atoms with Gasteiger partial charge in [-0.1, -0.05) is 19.6 Å². The molecular formula is C31H48FNO9SSi. The molecule has 248 valence electrons. The van der Waals surface area contributed by atoms with Gasteiger partial charge in [0.1, 0.15) is 27.3 Å². The largest absolute Gasteiger partial charge is 0.464 e. The topological polar surface area (TPSA) is 126 Å². The number of carbonyl (C=O) groups excluding carboxylic acids is 3. The molecule has 1 amide bonds. The van der Waals surface area contributed by atoms with Gasteiger partial charge >= 0.3 is 11.9 Å². The van der Waals surface area contributed by atoms with Gasteiger partial charge in [-0.15, -0.1) is 0 Å². The maximum Gasteiger partial charge on any atom is 0.329 e. The molecule has 1 fully saturated rings. The molecule has 1 saturated heterocycles. The molecule has 0 N–H and O–H groups in total. The minimum absolute atomic E-state index is 0.0208. The Bertz CT molecular complexity index is 1280. The fraction of sp³-hybridized carbons (Fsp3) is 0.645. The molecule has 1 aliphatic rings. The van der Waals surface area contributed by atoms with Gasteiger partial charge in [-0.25, -0.2) is 17.6 Å². The van der Waals surface area contributed by atoms with Crippen LogP contribution in [0.4, 0.5) is 4.39 Å². The summed E-state index contributed by atoms with van der Waals surface area (Å²) in [6.45, 7) is 15.2. The lowest BCUT2D eigenvalue weighted by atomic mass is 10.0. The minimum atomic E-state index is -3.51. The fourth-order valence-electron chi connectivity index (χ4n) is 4.45. The van der Waals surface area contributed by atoms with Crippen LogP contribution in [0.2, 0.25) is 25.7 Å². The summed E-state index contributed by atoms with van der Waals surface area (Å²) in [5.41, 5.74) is -0.575. The van der Waals surface area contributed by atoms with E-state index in [1.54, 1.807) is 40.7 Å². The lowest BCUT2D eigenvalue weighted by Gasteiger charge is -2.40. The van der Waals surface area contributed by atoms with Crippen molar-refractivity contribution in [2.24, 2.45) is 0 Å². The number of carbonyl (C=O) groups is 3. The molecule has 1 aliphatic heterocycles. The van der Waals surface area contributed by atoms with Gasteiger partial charge in [0.2, 0.25) is 0 Å². The number of hydrogen-bond acceptors (Lipinski definition) is 9. The Labute approximate surface area is 262 Å². The SMILES string of the molecule is CC(C)(C)OC(=O)C[C@H]1C[C@@H](/C=C/N(C(=O)c2ccc(F)cc2)C(CCS(C)(=O)=O)C(=O)OCC[Si](C)(C)C)OC(C)(C)O1. The third kappa shape index (κ3) is 14.0. The molecule has 0 radical (unpaired) electrons. The third-order valence-corrected chi connectivity index (χ3v) is 9.13. The minimum Gasteiger partial charge on any atom is -0.464 e. The van der Waals surface area contributed by atoms with E-state index in [-0.39, 0.29) is 37.2 Å². The number of halogens is 1. The van der Waals surface area contributed by atoms with Crippen molar-refractivity contribution in [3.05, 3.63) is 47.9 Å². The van der Waals surface area contributed by atoms with Crippen molar-refractivity contribution >= 4 is 35.8 Å². The molecule has 1 aromatic rings. The van der Waals surface area contributed by atoms with Crippen LogP contribution in [-0.2, 0) is 38.4 Å². The monoisotopic (exact) mass is 657 g/mol. The van der Waals surface area contributed by atoms with Gasteiger partial charge in [0, 0.05) is 32.5 Å². The second-order valence-corrected chi connectivity index (χ2v) is 21.7. The highest BCUT2D eigenvalue weighted by atomic mass is 32.2. The van der Waals surface area contributed by atoms with Gasteiger partial charge in [0.15, 0.2) is 5.79 Å². The van der Waals surface area contributed by atoms with Crippen molar-refractivity contribution < 1.29 is 46.1 Å². The van der Waals surface area contributed by atoms with E-state index < -0.39 is 71.2 Å². The Morgan fingerprint density at radius 2 is 1.75 bits per heavy atom. The molecule has 0 aliphatic carbocycles. The summed E-state index contributed by atoms with van der Waals surface area (Å²) in [6, 6.07) is 4.21. The second kappa shape index (κ2) is 15.1. The first-order chi connectivity index (χ1) is 20.0. The first-order valence-corrected chi connectivity index (χ1v) is 20.5. The number of ether oxygens (including phenoxy) is 4. The first kappa shape index (κ1) is 37.6. The molecule has 1 heterocycles. The summed E-state index contributed by atoms with van der Waals surface area (Å²) in [5, 5.41) is 0. The van der Waals surface area contributed by atoms with Gasteiger partial charge in [-0.2, -0.15) is 0 Å². The molecule has 1 unspecified atom stereocenters. The number of rotatable bonds is 13. The molecule has 0 aromatic heterocycles. The molecule has 13 heteroatoms. The zero-order chi connectivity index (χ0) is 33.5. The summed E-state index contributed by atoms with van der Waals surface area (Å²) in [6.07, 6.45) is 2.78. The smallest absolute Gasteiger partial charge is 0.329 e. The van der Waals surface area contributed by atoms with Crippen molar-refractivity contribution in [1.82, 2.24) is 4.90 Å². The van der Waals surface area contributed by atoms with Crippen LogP contribution in [0.5, 0.6) is 0 Å². The Morgan fingerprint density at radius 3 is 2.30 bits per heavy atom. The highest BCUT2D eigenvalue weighted by molar-refractivity contribution is 7.90. The molecule has 0 spiro atoms. The summed E-state index contributed by atoms with van der Waals surface area (Å²) in [5.74, 6) is -3.84. The van der Waals surface area contributed by atoms with Crippen molar-refractivity contribution in [2.45, 2.75) is 109 Å². The van der Waals surface area contributed by atoms with Crippen LogP contribution in [0.25, 0.3) is 0 Å². The van der Waals surface area contributed by atoms with E-state index >= 15 is 0 Å². The van der Waals surface area contributed by atoms with Gasteiger partial charge in [0.05, 0.1) is 31.0 Å². The molecule has 3 atom stereocenters. The quantitative estimate of drug-likeness (QED) is 0.210. The van der Waals surface area contributed by atoms with Crippen LogP contribution in [0.3, 0.4) is 0 Å². The first-order valence-electron chi connectivity index (χ1n) is 14.7. The molecule has 10 nitrogen and oxygen atoms in total. The van der Waals surface area contributed by atoms with E-state index in [2.05, 4.69) is 19.6 Å². The van der Waals surface area contributed by atoms with Crippen LogP contribution >= 0.6 is 0 Å². The second-order valence-electron chi connectivity index (χ2n) is 13.8. The summed E-state index contributed by atoms with van der Waals surface area (Å²) in [4.78, 5) is 40.8. The lowest BCUT2D eigenvalue weighted by Crippen LogP contribution is -2.46. The summed E-state index contributed by atoms with van der Waals surface area (Å²) in [7, 11) is -5.07. The molecule has 44 heavy (non-hydrogen) atoms. The van der Waals surface area contributed by atoms with Gasteiger partial charge < -0.3 is 23.8 Å². The average Bonchev–Trinajstić information content (AvgIpc) is 2.82. The van der Waals surface area contributed by atoms with Crippen LogP contribution in [0.1, 0.15) is 64.2 Å². The zero-order valence-corrected chi connectivity index (χ0v) is 29.2. The van der Waals surface area contributed by atoms with E-state index in [1.807, 2.05) is 0 Å². The van der Waals surface area contributed by atoms with Gasteiger partial charge in [-0.05, 0) is 77.4 Å². The zero-order valence-electron chi connectivity index (χ0n) is 27.3. The number of nitrogens with zero attached hydrogens (tertiary/aromatic N) is 1. The maximum absolute atomic E-state index is 13.8. The van der Waals surface area contributed by atoms with Crippen molar-refractivity contribution in [2.75, 3.05) is 18.6 Å².